The molecule has 7 heteroatoms. The molecule has 1 fully saturated rings. The lowest BCUT2D eigenvalue weighted by Gasteiger charge is -2.30. The third-order valence-corrected chi connectivity index (χ3v) is 4.47. The van der Waals surface area contributed by atoms with Gasteiger partial charge in [-0.05, 0) is 44.0 Å². The fourth-order valence-corrected chi connectivity index (χ4v) is 3.17. The molecule has 0 radical (unpaired) electrons. The van der Waals surface area contributed by atoms with Gasteiger partial charge in [-0.2, -0.15) is 4.98 Å². The SMILES string of the molecule is CN(Cc1nc(-c2ccc(F)c(F)c2)no1)CC1CCCCC1O. The number of aliphatic hydroxyl groups excluding tert-OH is 1. The van der Waals surface area contributed by atoms with E-state index in [2.05, 4.69) is 10.1 Å². The first-order valence-electron chi connectivity index (χ1n) is 8.17. The highest BCUT2D eigenvalue weighted by molar-refractivity contribution is 5.54. The number of hydrogen-bond acceptors (Lipinski definition) is 5. The van der Waals surface area contributed by atoms with Crippen molar-refractivity contribution in [3.63, 3.8) is 0 Å². The number of hydrogen-bond donors (Lipinski definition) is 1. The van der Waals surface area contributed by atoms with E-state index in [9.17, 15) is 13.9 Å². The van der Waals surface area contributed by atoms with Crippen LogP contribution in [0.2, 0.25) is 0 Å². The van der Waals surface area contributed by atoms with Crippen molar-refractivity contribution in [2.24, 2.45) is 5.92 Å². The summed E-state index contributed by atoms with van der Waals surface area (Å²) < 4.78 is 31.5. The van der Waals surface area contributed by atoms with Crippen LogP contribution in [-0.2, 0) is 6.54 Å². The van der Waals surface area contributed by atoms with E-state index in [1.807, 2.05) is 11.9 Å². The Morgan fingerprint density at radius 1 is 1.25 bits per heavy atom. The minimum Gasteiger partial charge on any atom is -0.393 e. The van der Waals surface area contributed by atoms with Crippen LogP contribution in [0.4, 0.5) is 8.78 Å². The van der Waals surface area contributed by atoms with Crippen molar-refractivity contribution in [3.8, 4) is 11.4 Å². The van der Waals surface area contributed by atoms with E-state index < -0.39 is 11.6 Å². The molecule has 2 aromatic rings. The molecular weight excluding hydrogens is 316 g/mol. The molecule has 1 aliphatic rings. The Morgan fingerprint density at radius 2 is 2.04 bits per heavy atom. The second-order valence-electron chi connectivity index (χ2n) is 6.45. The summed E-state index contributed by atoms with van der Waals surface area (Å²) in [5.41, 5.74) is 0.370. The average Bonchev–Trinajstić information content (AvgIpc) is 3.00. The second-order valence-corrected chi connectivity index (χ2v) is 6.45. The predicted octanol–water partition coefficient (Wildman–Crippen LogP) is 3.00. The van der Waals surface area contributed by atoms with Crippen LogP contribution in [0.3, 0.4) is 0 Å². The average molecular weight is 337 g/mol. The van der Waals surface area contributed by atoms with E-state index in [1.165, 1.54) is 6.07 Å². The van der Waals surface area contributed by atoms with Gasteiger partial charge in [0.1, 0.15) is 0 Å². The smallest absolute Gasteiger partial charge is 0.241 e. The summed E-state index contributed by atoms with van der Waals surface area (Å²) in [6.07, 6.45) is 3.87. The van der Waals surface area contributed by atoms with Crippen molar-refractivity contribution >= 4 is 0 Å². The normalized spacial score (nSPS) is 21.4. The Hall–Kier alpha value is -1.86. The minimum absolute atomic E-state index is 0.231. The molecule has 130 valence electrons. The summed E-state index contributed by atoms with van der Waals surface area (Å²) >= 11 is 0. The van der Waals surface area contributed by atoms with Gasteiger partial charge in [0.05, 0.1) is 12.6 Å². The molecule has 0 amide bonds. The van der Waals surface area contributed by atoms with Crippen molar-refractivity contribution in [1.82, 2.24) is 15.0 Å². The molecule has 0 bridgehead atoms. The molecule has 0 spiro atoms. The highest BCUT2D eigenvalue weighted by atomic mass is 19.2. The van der Waals surface area contributed by atoms with Gasteiger partial charge in [-0.15, -0.1) is 0 Å². The van der Waals surface area contributed by atoms with Gasteiger partial charge in [-0.25, -0.2) is 8.78 Å². The van der Waals surface area contributed by atoms with Crippen molar-refractivity contribution in [2.45, 2.75) is 38.3 Å². The summed E-state index contributed by atoms with van der Waals surface area (Å²) in [6.45, 7) is 1.20. The van der Waals surface area contributed by atoms with E-state index >= 15 is 0 Å². The predicted molar refractivity (Wildman–Crippen MR) is 83.9 cm³/mol. The van der Waals surface area contributed by atoms with Gasteiger partial charge < -0.3 is 9.63 Å². The largest absolute Gasteiger partial charge is 0.393 e. The molecule has 0 aliphatic heterocycles. The van der Waals surface area contributed by atoms with E-state index in [0.29, 0.717) is 18.0 Å². The van der Waals surface area contributed by atoms with Gasteiger partial charge in [-0.1, -0.05) is 18.0 Å². The first kappa shape index (κ1) is 17.0. The molecule has 1 aromatic heterocycles. The van der Waals surface area contributed by atoms with Crippen LogP contribution in [0.5, 0.6) is 0 Å². The van der Waals surface area contributed by atoms with Gasteiger partial charge in [-0.3, -0.25) is 4.90 Å². The summed E-state index contributed by atoms with van der Waals surface area (Å²) in [7, 11) is 1.93. The summed E-state index contributed by atoms with van der Waals surface area (Å²) in [5.74, 6) is -0.953. The number of nitrogens with zero attached hydrogens (tertiary/aromatic N) is 3. The van der Waals surface area contributed by atoms with Crippen LogP contribution in [0.25, 0.3) is 11.4 Å². The quantitative estimate of drug-likeness (QED) is 0.909. The number of aliphatic hydroxyl groups is 1. The van der Waals surface area contributed by atoms with E-state index in [-0.39, 0.29) is 17.8 Å². The summed E-state index contributed by atoms with van der Waals surface area (Å²) in [5, 5.41) is 13.9. The minimum atomic E-state index is -0.942. The van der Waals surface area contributed by atoms with Gasteiger partial charge in [0, 0.05) is 12.1 Å². The molecular formula is C17H21F2N3O2. The van der Waals surface area contributed by atoms with Gasteiger partial charge >= 0.3 is 0 Å². The van der Waals surface area contributed by atoms with Crippen LogP contribution >= 0.6 is 0 Å². The monoisotopic (exact) mass is 337 g/mol. The third-order valence-electron chi connectivity index (χ3n) is 4.47. The lowest BCUT2D eigenvalue weighted by molar-refractivity contribution is 0.0484. The maximum atomic E-state index is 13.3. The Kier molecular flexibility index (Phi) is 5.20. The molecule has 3 rings (SSSR count). The van der Waals surface area contributed by atoms with Crippen molar-refractivity contribution in [2.75, 3.05) is 13.6 Å². The lowest BCUT2D eigenvalue weighted by Crippen LogP contribution is -2.34. The fourth-order valence-electron chi connectivity index (χ4n) is 3.17. The maximum absolute atomic E-state index is 13.3. The zero-order valence-corrected chi connectivity index (χ0v) is 13.6. The topological polar surface area (TPSA) is 62.4 Å². The van der Waals surface area contributed by atoms with Crippen LogP contribution in [-0.4, -0.2) is 39.8 Å². The lowest BCUT2D eigenvalue weighted by atomic mass is 9.86. The Labute approximate surface area is 139 Å². The number of benzene rings is 1. The fraction of sp³-hybridized carbons (Fsp3) is 0.529. The Morgan fingerprint density at radius 3 is 2.79 bits per heavy atom. The number of rotatable bonds is 5. The van der Waals surface area contributed by atoms with E-state index in [1.54, 1.807) is 0 Å². The highest BCUT2D eigenvalue weighted by Crippen LogP contribution is 2.25. The first-order valence-corrected chi connectivity index (χ1v) is 8.17. The molecule has 1 N–H and O–H groups in total. The second kappa shape index (κ2) is 7.36. The van der Waals surface area contributed by atoms with Crippen LogP contribution in [0.1, 0.15) is 31.6 Å². The molecule has 1 saturated carbocycles. The van der Waals surface area contributed by atoms with Crippen LogP contribution in [0, 0.1) is 17.6 Å². The Balaban J connectivity index is 1.61. The van der Waals surface area contributed by atoms with Crippen molar-refractivity contribution in [3.05, 3.63) is 35.7 Å². The molecule has 5 nitrogen and oxygen atoms in total. The van der Waals surface area contributed by atoms with Crippen LogP contribution in [0.15, 0.2) is 22.7 Å². The Bertz CT molecular complexity index is 692. The van der Waals surface area contributed by atoms with Crippen molar-refractivity contribution < 1.29 is 18.4 Å². The van der Waals surface area contributed by atoms with Crippen molar-refractivity contribution in [1.29, 1.82) is 0 Å². The van der Waals surface area contributed by atoms with Gasteiger partial charge in [0.15, 0.2) is 11.6 Å². The zero-order valence-electron chi connectivity index (χ0n) is 13.6. The zero-order chi connectivity index (χ0) is 17.1. The van der Waals surface area contributed by atoms with E-state index in [0.717, 1.165) is 44.4 Å². The van der Waals surface area contributed by atoms with E-state index in [4.69, 9.17) is 4.52 Å². The molecule has 1 aliphatic carbocycles. The molecule has 0 saturated heterocycles. The van der Waals surface area contributed by atoms with Gasteiger partial charge in [0.2, 0.25) is 11.7 Å². The summed E-state index contributed by atoms with van der Waals surface area (Å²) in [4.78, 5) is 6.26. The third kappa shape index (κ3) is 3.96. The highest BCUT2D eigenvalue weighted by Gasteiger charge is 2.24. The molecule has 1 aromatic carbocycles. The number of halogens is 2. The molecule has 2 unspecified atom stereocenters. The standard InChI is InChI=1S/C17H21F2N3O2/c1-22(9-12-4-2-3-5-15(12)23)10-16-20-17(21-24-16)11-6-7-13(18)14(19)8-11/h6-8,12,15,23H,2-5,9-10H2,1H3. The van der Waals surface area contributed by atoms with Gasteiger partial charge in [0.25, 0.3) is 0 Å². The first-order chi connectivity index (χ1) is 11.5. The summed E-state index contributed by atoms with van der Waals surface area (Å²) in [6, 6.07) is 3.50. The number of aromatic nitrogens is 2. The molecule has 2 atom stereocenters. The maximum Gasteiger partial charge on any atom is 0.241 e. The molecule has 24 heavy (non-hydrogen) atoms. The molecule has 1 heterocycles. The van der Waals surface area contributed by atoms with Crippen LogP contribution < -0.4 is 0 Å².